The molecule has 0 saturated carbocycles. The minimum atomic E-state index is -3.60. The zero-order valence-electron chi connectivity index (χ0n) is 11.5. The molecule has 0 aromatic heterocycles. The number of nitrogens with two attached hydrogens (primary N) is 1. The van der Waals surface area contributed by atoms with Crippen LogP contribution >= 0.6 is 11.6 Å². The van der Waals surface area contributed by atoms with Crippen LogP contribution in [0, 0.1) is 5.92 Å². The zero-order chi connectivity index (χ0) is 14.8. The summed E-state index contributed by atoms with van der Waals surface area (Å²) < 4.78 is 27.1. The van der Waals surface area contributed by atoms with Gasteiger partial charge in [-0.1, -0.05) is 11.6 Å². The quantitative estimate of drug-likeness (QED) is 0.826. The molecule has 112 valence electrons. The highest BCUT2D eigenvalue weighted by Gasteiger charge is 2.22. The van der Waals surface area contributed by atoms with Gasteiger partial charge < -0.3 is 10.6 Å². The van der Waals surface area contributed by atoms with E-state index in [9.17, 15) is 8.42 Å². The van der Waals surface area contributed by atoms with Gasteiger partial charge in [0.1, 0.15) is 4.90 Å². The van der Waals surface area contributed by atoms with Gasteiger partial charge in [0.25, 0.3) is 0 Å². The molecule has 3 N–H and O–H groups in total. The van der Waals surface area contributed by atoms with E-state index in [1.54, 1.807) is 6.07 Å². The van der Waals surface area contributed by atoms with Crippen LogP contribution in [0.25, 0.3) is 0 Å². The SMILES string of the molecule is CN1CCC(CNS(=O)(=O)c2cc(Cl)ccc2N)CC1. The lowest BCUT2D eigenvalue weighted by Crippen LogP contribution is -2.37. The van der Waals surface area contributed by atoms with Crippen LogP contribution in [0.4, 0.5) is 5.69 Å². The van der Waals surface area contributed by atoms with E-state index in [4.69, 9.17) is 17.3 Å². The molecular weight excluding hydrogens is 298 g/mol. The highest BCUT2D eigenvalue weighted by molar-refractivity contribution is 7.89. The lowest BCUT2D eigenvalue weighted by atomic mass is 9.98. The second-order valence-corrected chi connectivity index (χ2v) is 7.45. The molecule has 1 saturated heterocycles. The Morgan fingerprint density at radius 2 is 2.05 bits per heavy atom. The summed E-state index contributed by atoms with van der Waals surface area (Å²) in [7, 11) is -1.52. The van der Waals surface area contributed by atoms with Crippen LogP contribution in [0.5, 0.6) is 0 Å². The number of piperidine rings is 1. The second kappa shape index (κ2) is 6.30. The molecule has 7 heteroatoms. The molecule has 0 bridgehead atoms. The lowest BCUT2D eigenvalue weighted by molar-refractivity contribution is 0.220. The molecule has 1 aromatic rings. The highest BCUT2D eigenvalue weighted by atomic mass is 35.5. The van der Waals surface area contributed by atoms with E-state index < -0.39 is 10.0 Å². The maximum atomic E-state index is 12.3. The predicted molar refractivity (Wildman–Crippen MR) is 81.3 cm³/mol. The first-order valence-corrected chi connectivity index (χ1v) is 8.48. The van der Waals surface area contributed by atoms with Crippen LogP contribution in [0.15, 0.2) is 23.1 Å². The van der Waals surface area contributed by atoms with E-state index in [0.29, 0.717) is 17.5 Å². The van der Waals surface area contributed by atoms with E-state index in [2.05, 4.69) is 16.7 Å². The third kappa shape index (κ3) is 3.85. The molecule has 1 heterocycles. The summed E-state index contributed by atoms with van der Waals surface area (Å²) in [5.41, 5.74) is 5.93. The average molecular weight is 318 g/mol. The van der Waals surface area contributed by atoms with Gasteiger partial charge in [0.15, 0.2) is 0 Å². The third-order valence-electron chi connectivity index (χ3n) is 3.67. The van der Waals surface area contributed by atoms with Gasteiger partial charge in [-0.05, 0) is 57.1 Å². The maximum absolute atomic E-state index is 12.3. The first-order valence-electron chi connectivity index (χ1n) is 6.62. The van der Waals surface area contributed by atoms with Crippen molar-refractivity contribution in [1.29, 1.82) is 0 Å². The van der Waals surface area contributed by atoms with Crippen molar-refractivity contribution in [2.24, 2.45) is 5.92 Å². The molecule has 5 nitrogen and oxygen atoms in total. The zero-order valence-corrected chi connectivity index (χ0v) is 13.0. The van der Waals surface area contributed by atoms with Crippen molar-refractivity contribution < 1.29 is 8.42 Å². The van der Waals surface area contributed by atoms with Crippen LogP contribution in [0.3, 0.4) is 0 Å². The minimum Gasteiger partial charge on any atom is -0.398 e. The fourth-order valence-corrected chi connectivity index (χ4v) is 3.82. The lowest BCUT2D eigenvalue weighted by Gasteiger charge is -2.28. The Balaban J connectivity index is 2.02. The van der Waals surface area contributed by atoms with Crippen LogP contribution in [-0.2, 0) is 10.0 Å². The van der Waals surface area contributed by atoms with Crippen molar-refractivity contribution in [1.82, 2.24) is 9.62 Å². The predicted octanol–water partition coefficient (Wildman–Crippen LogP) is 1.54. The topological polar surface area (TPSA) is 75.4 Å². The minimum absolute atomic E-state index is 0.0536. The van der Waals surface area contributed by atoms with Crippen molar-refractivity contribution in [3.8, 4) is 0 Å². The Kier molecular flexibility index (Phi) is 4.90. The van der Waals surface area contributed by atoms with E-state index in [1.807, 2.05) is 0 Å². The summed E-state index contributed by atoms with van der Waals surface area (Å²) >= 11 is 5.83. The Labute approximate surface area is 125 Å². The molecule has 1 fully saturated rings. The van der Waals surface area contributed by atoms with Gasteiger partial charge in [-0.25, -0.2) is 13.1 Å². The third-order valence-corrected chi connectivity index (χ3v) is 5.38. The number of anilines is 1. The van der Waals surface area contributed by atoms with E-state index in [1.165, 1.54) is 12.1 Å². The number of rotatable bonds is 4. The molecule has 0 unspecified atom stereocenters. The molecule has 1 aliphatic heterocycles. The average Bonchev–Trinajstić information content (AvgIpc) is 2.41. The van der Waals surface area contributed by atoms with Gasteiger partial charge in [0.05, 0.1) is 5.69 Å². The standard InChI is InChI=1S/C13H20ClN3O2S/c1-17-6-4-10(5-7-17)9-16-20(18,19)13-8-11(14)2-3-12(13)15/h2-3,8,10,16H,4-7,9,15H2,1H3. The first-order chi connectivity index (χ1) is 9.38. The molecule has 0 atom stereocenters. The summed E-state index contributed by atoms with van der Waals surface area (Å²) in [4.78, 5) is 2.30. The van der Waals surface area contributed by atoms with E-state index in [-0.39, 0.29) is 10.6 Å². The Bertz CT molecular complexity index is 569. The van der Waals surface area contributed by atoms with Gasteiger partial charge in [0, 0.05) is 11.6 Å². The van der Waals surface area contributed by atoms with Gasteiger partial charge >= 0.3 is 0 Å². The number of nitrogen functional groups attached to an aromatic ring is 1. The molecule has 0 aliphatic carbocycles. The second-order valence-electron chi connectivity index (χ2n) is 5.28. The molecule has 1 aromatic carbocycles. The van der Waals surface area contributed by atoms with Gasteiger partial charge in [-0.15, -0.1) is 0 Å². The molecular formula is C13H20ClN3O2S. The number of likely N-dealkylation sites (tertiary alicyclic amines) is 1. The Morgan fingerprint density at radius 1 is 1.40 bits per heavy atom. The molecule has 0 amide bonds. The highest BCUT2D eigenvalue weighted by Crippen LogP contribution is 2.23. The molecule has 0 spiro atoms. The number of hydrogen-bond acceptors (Lipinski definition) is 4. The number of sulfonamides is 1. The normalized spacial score (nSPS) is 18.3. The van der Waals surface area contributed by atoms with Crippen LogP contribution in [-0.4, -0.2) is 40.0 Å². The number of nitrogens with zero attached hydrogens (tertiary/aromatic N) is 1. The fraction of sp³-hybridized carbons (Fsp3) is 0.538. The number of benzene rings is 1. The number of hydrogen-bond donors (Lipinski definition) is 2. The Morgan fingerprint density at radius 3 is 2.70 bits per heavy atom. The first kappa shape index (κ1) is 15.6. The molecule has 1 aliphatic rings. The summed E-state index contributed by atoms with van der Waals surface area (Å²) in [6, 6.07) is 4.47. The monoisotopic (exact) mass is 317 g/mol. The smallest absolute Gasteiger partial charge is 0.242 e. The van der Waals surface area contributed by atoms with Crippen molar-refractivity contribution >= 4 is 27.3 Å². The van der Waals surface area contributed by atoms with Gasteiger partial charge in [0.2, 0.25) is 10.0 Å². The summed E-state index contributed by atoms with van der Waals surface area (Å²) in [5.74, 6) is 0.376. The van der Waals surface area contributed by atoms with Crippen molar-refractivity contribution in [3.63, 3.8) is 0 Å². The summed E-state index contributed by atoms with van der Waals surface area (Å²) in [5, 5.41) is 0.360. The van der Waals surface area contributed by atoms with Crippen LogP contribution < -0.4 is 10.5 Å². The van der Waals surface area contributed by atoms with Gasteiger partial charge in [-0.2, -0.15) is 0 Å². The molecule has 0 radical (unpaired) electrons. The number of nitrogens with one attached hydrogen (secondary N) is 1. The van der Waals surface area contributed by atoms with E-state index >= 15 is 0 Å². The van der Waals surface area contributed by atoms with Crippen molar-refractivity contribution in [2.45, 2.75) is 17.7 Å². The Hall–Kier alpha value is -0.820. The van der Waals surface area contributed by atoms with Crippen LogP contribution in [0.1, 0.15) is 12.8 Å². The summed E-state index contributed by atoms with van der Waals surface area (Å²) in [6.45, 7) is 2.46. The van der Waals surface area contributed by atoms with Crippen molar-refractivity contribution in [3.05, 3.63) is 23.2 Å². The largest absolute Gasteiger partial charge is 0.398 e. The van der Waals surface area contributed by atoms with Crippen LogP contribution in [0.2, 0.25) is 5.02 Å². The summed E-state index contributed by atoms with van der Waals surface area (Å²) in [6.07, 6.45) is 2.01. The maximum Gasteiger partial charge on any atom is 0.242 e. The van der Waals surface area contributed by atoms with Crippen molar-refractivity contribution in [2.75, 3.05) is 32.4 Å². The van der Waals surface area contributed by atoms with Gasteiger partial charge in [-0.3, -0.25) is 0 Å². The van der Waals surface area contributed by atoms with E-state index in [0.717, 1.165) is 25.9 Å². The fourth-order valence-electron chi connectivity index (χ4n) is 2.31. The number of halogens is 1. The molecule has 20 heavy (non-hydrogen) atoms. The molecule has 2 rings (SSSR count).